The summed E-state index contributed by atoms with van der Waals surface area (Å²) in [7, 11) is 2.56. The Balaban J connectivity index is 1.18. The van der Waals surface area contributed by atoms with Crippen molar-refractivity contribution in [2.75, 3.05) is 10.2 Å². The van der Waals surface area contributed by atoms with Crippen molar-refractivity contribution in [3.05, 3.63) is 179 Å². The second-order valence-corrected chi connectivity index (χ2v) is 19.1. The third-order valence-electron chi connectivity index (χ3n) is 15.2. The van der Waals surface area contributed by atoms with Gasteiger partial charge in [-0.25, -0.2) is 0 Å². The number of rotatable bonds is 2. The van der Waals surface area contributed by atoms with E-state index in [-0.39, 0.29) is 16.4 Å². The molecule has 2 atom stereocenters. The van der Waals surface area contributed by atoms with Crippen LogP contribution in [0.15, 0.2) is 146 Å². The van der Waals surface area contributed by atoms with E-state index < -0.39 is 5.41 Å². The molecule has 7 aromatic rings. The average Bonchev–Trinajstić information content (AvgIpc) is 3.65. The number of anilines is 4. The molecular weight excluding hydrogens is 699 g/mol. The molecule has 0 bridgehead atoms. The quantitative estimate of drug-likeness (QED) is 0.177. The summed E-state index contributed by atoms with van der Waals surface area (Å²) >= 11 is 0. The average molecular weight is 748 g/mol. The summed E-state index contributed by atoms with van der Waals surface area (Å²) in [5.74, 6) is 0. The standard InChI is InChI=1S/C55H48BN2/c1-52(2,3)36-32-45-51-46(33-36)56-49-40(30-35(34-18-7-6-8-19-34)31-48(49)58(51)54(5)29-16-15-28-53(45,54)4)39-22-17-26-44-50(39)57-47-27-14-13-25-43(47)55(44)41-23-11-9-20-37(41)38-21-10-12-24-42(38)55/h6-14,17-27,30-33,57H,15-16,28-29H2,1-5H3. The van der Waals surface area contributed by atoms with Crippen LogP contribution in [0.25, 0.3) is 33.4 Å². The van der Waals surface area contributed by atoms with E-state index in [0.29, 0.717) is 0 Å². The molecule has 2 aliphatic carbocycles. The molecule has 2 unspecified atom stereocenters. The van der Waals surface area contributed by atoms with Crippen LogP contribution in [0.1, 0.15) is 93.7 Å². The lowest BCUT2D eigenvalue weighted by atomic mass is 9.56. The molecule has 1 N–H and O–H groups in total. The smallest absolute Gasteiger partial charge is 0.197 e. The molecule has 3 heterocycles. The van der Waals surface area contributed by atoms with Crippen LogP contribution >= 0.6 is 0 Å². The van der Waals surface area contributed by atoms with Gasteiger partial charge in [0, 0.05) is 28.0 Å². The Morgan fingerprint density at radius 2 is 1.21 bits per heavy atom. The van der Waals surface area contributed by atoms with Crippen LogP contribution < -0.4 is 21.1 Å². The largest absolute Gasteiger partial charge is 0.354 e. The van der Waals surface area contributed by atoms with Crippen molar-refractivity contribution in [3.63, 3.8) is 0 Å². The molecule has 12 rings (SSSR count). The van der Waals surface area contributed by atoms with Crippen molar-refractivity contribution < 1.29 is 0 Å². The van der Waals surface area contributed by atoms with E-state index in [4.69, 9.17) is 0 Å². The van der Waals surface area contributed by atoms with Crippen LogP contribution in [0.3, 0.4) is 0 Å². The third kappa shape index (κ3) is 4.25. The number of nitrogens with zero attached hydrogens (tertiary/aromatic N) is 1. The highest BCUT2D eigenvalue weighted by molar-refractivity contribution is 6.73. The van der Waals surface area contributed by atoms with Crippen LogP contribution in [0.4, 0.5) is 22.7 Å². The molecular formula is C55H48BN2. The Morgan fingerprint density at radius 1 is 0.569 bits per heavy atom. The molecule has 1 fully saturated rings. The van der Waals surface area contributed by atoms with Crippen molar-refractivity contribution in [2.24, 2.45) is 0 Å². The molecule has 5 aliphatic rings. The number of para-hydroxylation sites is 2. The minimum atomic E-state index is -0.462. The van der Waals surface area contributed by atoms with Gasteiger partial charge in [-0.15, -0.1) is 0 Å². The van der Waals surface area contributed by atoms with E-state index in [1.165, 1.54) is 121 Å². The summed E-state index contributed by atoms with van der Waals surface area (Å²) in [6.07, 6.45) is 4.91. The third-order valence-corrected chi connectivity index (χ3v) is 15.2. The number of fused-ring (bicyclic) bond motifs is 14. The van der Waals surface area contributed by atoms with Gasteiger partial charge in [-0.2, -0.15) is 0 Å². The predicted octanol–water partition coefficient (Wildman–Crippen LogP) is 12.4. The van der Waals surface area contributed by atoms with E-state index in [0.717, 1.165) is 0 Å². The molecule has 58 heavy (non-hydrogen) atoms. The van der Waals surface area contributed by atoms with Crippen LogP contribution in [-0.4, -0.2) is 12.8 Å². The van der Waals surface area contributed by atoms with Crippen molar-refractivity contribution in [3.8, 4) is 33.4 Å². The van der Waals surface area contributed by atoms with Crippen LogP contribution in [0.2, 0.25) is 0 Å². The van der Waals surface area contributed by atoms with Gasteiger partial charge in [0.25, 0.3) is 0 Å². The molecule has 0 aromatic heterocycles. The van der Waals surface area contributed by atoms with E-state index in [9.17, 15) is 0 Å². The van der Waals surface area contributed by atoms with Gasteiger partial charge in [0.1, 0.15) is 0 Å². The number of hydrogen-bond donors (Lipinski definition) is 1. The minimum absolute atomic E-state index is 0.0342. The number of hydrogen-bond acceptors (Lipinski definition) is 2. The van der Waals surface area contributed by atoms with Gasteiger partial charge < -0.3 is 10.2 Å². The molecule has 1 radical (unpaired) electrons. The summed E-state index contributed by atoms with van der Waals surface area (Å²) in [5, 5.41) is 4.10. The molecule has 1 spiro atoms. The number of nitrogens with one attached hydrogen (secondary N) is 1. The minimum Gasteiger partial charge on any atom is -0.354 e. The zero-order valence-corrected chi connectivity index (χ0v) is 34.2. The first-order valence-corrected chi connectivity index (χ1v) is 21.4. The first-order valence-electron chi connectivity index (χ1n) is 21.4. The molecule has 1 saturated carbocycles. The fourth-order valence-corrected chi connectivity index (χ4v) is 12.2. The van der Waals surface area contributed by atoms with Gasteiger partial charge in [-0.05, 0) is 105 Å². The van der Waals surface area contributed by atoms with Crippen molar-refractivity contribution in [2.45, 2.75) is 82.1 Å². The second kappa shape index (κ2) is 11.7. The Labute approximate surface area is 344 Å². The van der Waals surface area contributed by atoms with Gasteiger partial charge in [0.2, 0.25) is 0 Å². The lowest BCUT2D eigenvalue weighted by molar-refractivity contribution is 0.195. The molecule has 3 aliphatic heterocycles. The highest BCUT2D eigenvalue weighted by Gasteiger charge is 2.60. The Hall–Kier alpha value is -5.80. The zero-order chi connectivity index (χ0) is 39.2. The fourth-order valence-electron chi connectivity index (χ4n) is 12.2. The highest BCUT2D eigenvalue weighted by atomic mass is 15.3. The maximum absolute atomic E-state index is 4.10. The maximum atomic E-state index is 4.10. The SMILES string of the molecule is CC(C)(C)c1cc2c3c(c1)C1(C)CCCCC1(C)N3c1cc(-c3ccccc3)cc(-c3cccc4c3Nc3ccccc3C43c4ccccc4-c4ccccc43)c1[B]2. The van der Waals surface area contributed by atoms with E-state index in [2.05, 4.69) is 198 Å². The molecule has 281 valence electrons. The van der Waals surface area contributed by atoms with Gasteiger partial charge in [-0.3, -0.25) is 0 Å². The molecule has 2 nitrogen and oxygen atoms in total. The lowest BCUT2D eigenvalue weighted by Crippen LogP contribution is -2.57. The summed E-state index contributed by atoms with van der Waals surface area (Å²) in [4.78, 5) is 2.83. The Morgan fingerprint density at radius 3 is 1.95 bits per heavy atom. The van der Waals surface area contributed by atoms with E-state index in [1.807, 2.05) is 0 Å². The van der Waals surface area contributed by atoms with E-state index >= 15 is 0 Å². The summed E-state index contributed by atoms with van der Waals surface area (Å²) < 4.78 is 0. The fraction of sp³-hybridized carbons (Fsp3) is 0.236. The van der Waals surface area contributed by atoms with Gasteiger partial charge in [0.15, 0.2) is 7.28 Å². The monoisotopic (exact) mass is 747 g/mol. The Bertz CT molecular complexity index is 2840. The maximum Gasteiger partial charge on any atom is 0.197 e. The van der Waals surface area contributed by atoms with Crippen molar-refractivity contribution >= 4 is 41.0 Å². The predicted molar refractivity (Wildman–Crippen MR) is 244 cm³/mol. The van der Waals surface area contributed by atoms with E-state index in [1.54, 1.807) is 5.56 Å². The first kappa shape index (κ1) is 34.3. The Kier molecular flexibility index (Phi) is 6.89. The summed E-state index contributed by atoms with van der Waals surface area (Å²) in [6.45, 7) is 12.3. The first-order chi connectivity index (χ1) is 28.1. The second-order valence-electron chi connectivity index (χ2n) is 19.1. The molecule has 0 saturated heterocycles. The number of benzene rings is 7. The summed E-state index contributed by atoms with van der Waals surface area (Å²) in [6, 6.07) is 55.5. The van der Waals surface area contributed by atoms with Crippen LogP contribution in [0, 0.1) is 0 Å². The normalized spacial score (nSPS) is 21.1. The topological polar surface area (TPSA) is 15.3 Å². The zero-order valence-electron chi connectivity index (χ0n) is 34.2. The lowest BCUT2D eigenvalue weighted by Gasteiger charge is -2.51. The molecule has 7 aromatic carbocycles. The van der Waals surface area contributed by atoms with Gasteiger partial charge in [-0.1, -0.05) is 179 Å². The molecule has 0 amide bonds. The van der Waals surface area contributed by atoms with Gasteiger partial charge in [0.05, 0.1) is 16.6 Å². The van der Waals surface area contributed by atoms with Crippen molar-refractivity contribution in [1.29, 1.82) is 0 Å². The van der Waals surface area contributed by atoms with Crippen LogP contribution in [0.5, 0.6) is 0 Å². The molecule has 3 heteroatoms. The summed E-state index contributed by atoms with van der Waals surface area (Å²) in [5.41, 5.74) is 23.3. The highest BCUT2D eigenvalue weighted by Crippen LogP contribution is 2.64. The van der Waals surface area contributed by atoms with Crippen LogP contribution in [-0.2, 0) is 16.2 Å². The van der Waals surface area contributed by atoms with Gasteiger partial charge >= 0.3 is 0 Å². The van der Waals surface area contributed by atoms with Crippen molar-refractivity contribution in [1.82, 2.24) is 0 Å².